The van der Waals surface area contributed by atoms with Gasteiger partial charge in [0.2, 0.25) is 0 Å². The van der Waals surface area contributed by atoms with Crippen LogP contribution in [-0.2, 0) is 6.18 Å². The first-order valence-corrected chi connectivity index (χ1v) is 11.2. The van der Waals surface area contributed by atoms with Crippen molar-refractivity contribution in [2.24, 2.45) is 10.9 Å². The third-order valence-corrected chi connectivity index (χ3v) is 6.20. The van der Waals surface area contributed by atoms with Gasteiger partial charge in [0.1, 0.15) is 5.69 Å². The molecular weight excluding hydrogens is 474 g/mol. The Hall–Kier alpha value is -2.64. The van der Waals surface area contributed by atoms with E-state index < -0.39 is 11.9 Å². The van der Waals surface area contributed by atoms with E-state index in [9.17, 15) is 18.0 Å². The predicted octanol–water partition coefficient (Wildman–Crippen LogP) is 7.25. The molecule has 1 heterocycles. The zero-order valence-corrected chi connectivity index (χ0v) is 18.9. The summed E-state index contributed by atoms with van der Waals surface area (Å²) in [5, 5.41) is 4.23. The molecule has 1 N–H and O–H groups in total. The van der Waals surface area contributed by atoms with Crippen LogP contribution in [0, 0.1) is 5.92 Å². The molecule has 0 spiro atoms. The second kappa shape index (κ2) is 9.69. The molecule has 1 aliphatic rings. The van der Waals surface area contributed by atoms with Crippen molar-refractivity contribution >= 4 is 51.9 Å². The molecule has 4 rings (SSSR count). The minimum absolute atomic E-state index is 0.00651. The van der Waals surface area contributed by atoms with Crippen LogP contribution in [-0.4, -0.2) is 23.1 Å². The van der Waals surface area contributed by atoms with Gasteiger partial charge in [-0.15, -0.1) is 0 Å². The molecule has 2 atom stereocenters. The summed E-state index contributed by atoms with van der Waals surface area (Å²) in [4.78, 5) is 20.7. The molecule has 3 aromatic rings. The van der Waals surface area contributed by atoms with Gasteiger partial charge in [-0.25, -0.2) is 4.98 Å². The molecule has 9 heteroatoms. The number of nitrogens with zero attached hydrogens (tertiary/aromatic N) is 2. The van der Waals surface area contributed by atoms with Gasteiger partial charge in [0, 0.05) is 22.7 Å². The second-order valence-corrected chi connectivity index (χ2v) is 8.88. The molecule has 4 nitrogen and oxygen atoms in total. The van der Waals surface area contributed by atoms with Crippen LogP contribution in [0.15, 0.2) is 53.5 Å². The summed E-state index contributed by atoms with van der Waals surface area (Å²) in [6.07, 6.45) is 0.224. The molecular formula is C24H20Cl2F3N3O. The maximum Gasteiger partial charge on any atom is 0.433 e. The van der Waals surface area contributed by atoms with E-state index in [0.717, 1.165) is 25.3 Å². The van der Waals surface area contributed by atoms with Crippen LogP contribution >= 0.6 is 23.2 Å². The Labute approximate surface area is 198 Å². The van der Waals surface area contributed by atoms with Gasteiger partial charge in [0.05, 0.1) is 21.8 Å². The van der Waals surface area contributed by atoms with E-state index in [1.165, 1.54) is 12.1 Å². The highest BCUT2D eigenvalue weighted by atomic mass is 35.5. The average Bonchev–Trinajstić information content (AvgIpc) is 2.77. The summed E-state index contributed by atoms with van der Waals surface area (Å²) < 4.78 is 40.0. The van der Waals surface area contributed by atoms with Crippen LogP contribution in [0.1, 0.15) is 41.7 Å². The van der Waals surface area contributed by atoms with Crippen LogP contribution in [0.2, 0.25) is 10.0 Å². The minimum atomic E-state index is -4.59. The first-order chi connectivity index (χ1) is 15.7. The molecule has 1 aliphatic carbocycles. The van der Waals surface area contributed by atoms with Crippen molar-refractivity contribution in [2.75, 3.05) is 0 Å². The summed E-state index contributed by atoms with van der Waals surface area (Å²) in [6.45, 7) is 0. The molecule has 172 valence electrons. The second-order valence-electron chi connectivity index (χ2n) is 8.04. The Morgan fingerprint density at radius 3 is 2.67 bits per heavy atom. The molecule has 2 unspecified atom stereocenters. The third-order valence-electron chi connectivity index (χ3n) is 5.63. The number of carbonyl (C=O) groups is 1. The topological polar surface area (TPSA) is 54.4 Å². The highest BCUT2D eigenvalue weighted by Crippen LogP contribution is 2.35. The van der Waals surface area contributed by atoms with Crippen molar-refractivity contribution in [2.45, 2.75) is 37.9 Å². The predicted molar refractivity (Wildman–Crippen MR) is 125 cm³/mol. The summed E-state index contributed by atoms with van der Waals surface area (Å²) in [5.74, 6) is -0.236. The summed E-state index contributed by atoms with van der Waals surface area (Å²) >= 11 is 12.2. The number of benzene rings is 2. The number of rotatable bonds is 4. The maximum absolute atomic E-state index is 13.3. The largest absolute Gasteiger partial charge is 0.433 e. The molecule has 0 radical (unpaired) electrons. The van der Waals surface area contributed by atoms with Crippen LogP contribution in [0.3, 0.4) is 0 Å². The van der Waals surface area contributed by atoms with Gasteiger partial charge in [-0.3, -0.25) is 9.79 Å². The van der Waals surface area contributed by atoms with Crippen molar-refractivity contribution in [1.29, 1.82) is 0 Å². The van der Waals surface area contributed by atoms with Crippen LogP contribution < -0.4 is 5.32 Å². The van der Waals surface area contributed by atoms with Crippen LogP contribution in [0.25, 0.3) is 10.9 Å². The normalized spacial score (nSPS) is 19.2. The van der Waals surface area contributed by atoms with E-state index in [4.69, 9.17) is 23.2 Å². The molecule has 0 saturated heterocycles. The van der Waals surface area contributed by atoms with E-state index in [2.05, 4.69) is 15.3 Å². The summed E-state index contributed by atoms with van der Waals surface area (Å²) in [6, 6.07) is 12.2. The smallest absolute Gasteiger partial charge is 0.349 e. The molecule has 1 fully saturated rings. The number of alkyl halides is 3. The number of pyridine rings is 1. The van der Waals surface area contributed by atoms with Gasteiger partial charge >= 0.3 is 6.18 Å². The molecule has 1 amide bonds. The fourth-order valence-electron chi connectivity index (χ4n) is 4.02. The van der Waals surface area contributed by atoms with Gasteiger partial charge < -0.3 is 5.32 Å². The Morgan fingerprint density at radius 2 is 1.91 bits per heavy atom. The molecule has 0 bridgehead atoms. The Morgan fingerprint density at radius 1 is 1.12 bits per heavy atom. The summed E-state index contributed by atoms with van der Waals surface area (Å²) in [5.41, 5.74) is -0.250. The Bertz CT molecular complexity index is 1210. The van der Waals surface area contributed by atoms with Crippen molar-refractivity contribution in [3.8, 4) is 0 Å². The number of carbonyl (C=O) groups excluding carboxylic acids is 1. The SMILES string of the molecule is O=C(NC1CCCC(/C=N/c2cc(C(F)(F)F)nc3ccc(Cl)cc23)C1)c1ccccc1Cl. The van der Waals surface area contributed by atoms with Crippen molar-refractivity contribution in [1.82, 2.24) is 10.3 Å². The number of halogens is 5. The zero-order chi connectivity index (χ0) is 23.6. The lowest BCUT2D eigenvalue weighted by atomic mass is 9.86. The van der Waals surface area contributed by atoms with Gasteiger partial charge in [0.15, 0.2) is 0 Å². The highest BCUT2D eigenvalue weighted by molar-refractivity contribution is 6.33. The lowest BCUT2D eigenvalue weighted by Crippen LogP contribution is -2.38. The van der Waals surface area contributed by atoms with Crippen molar-refractivity contribution < 1.29 is 18.0 Å². The summed E-state index contributed by atoms with van der Waals surface area (Å²) in [7, 11) is 0. The number of nitrogens with one attached hydrogen (secondary N) is 1. The van der Waals surface area contributed by atoms with Gasteiger partial charge in [-0.2, -0.15) is 13.2 Å². The zero-order valence-electron chi connectivity index (χ0n) is 17.4. The monoisotopic (exact) mass is 493 g/mol. The van der Waals surface area contributed by atoms with Crippen LogP contribution in [0.4, 0.5) is 18.9 Å². The third kappa shape index (κ3) is 5.65. The first kappa shape index (κ1) is 23.5. The maximum atomic E-state index is 13.3. The van der Waals surface area contributed by atoms with Gasteiger partial charge in [-0.1, -0.05) is 41.8 Å². The highest BCUT2D eigenvalue weighted by Gasteiger charge is 2.33. The van der Waals surface area contributed by atoms with E-state index in [1.54, 1.807) is 36.5 Å². The number of aliphatic imine (C=N–C) groups is 1. The van der Waals surface area contributed by atoms with Gasteiger partial charge in [-0.05, 0) is 61.6 Å². The van der Waals surface area contributed by atoms with Crippen LogP contribution in [0.5, 0.6) is 0 Å². The Kier molecular flexibility index (Phi) is 6.91. The van der Waals surface area contributed by atoms with E-state index >= 15 is 0 Å². The van der Waals surface area contributed by atoms with Gasteiger partial charge in [0.25, 0.3) is 5.91 Å². The standard InChI is InChI=1S/C24H20Cl2F3N3O/c25-15-8-9-20-18(11-15)21(12-22(32-20)24(27,28)29)30-13-14-4-3-5-16(10-14)31-23(33)17-6-1-2-7-19(17)26/h1-2,6-9,11-14,16H,3-5,10H2,(H,31,33)/b30-13+. The van der Waals surface area contributed by atoms with Crippen molar-refractivity contribution in [3.05, 3.63) is 69.8 Å². The average molecular weight is 494 g/mol. The molecule has 2 aromatic carbocycles. The lowest BCUT2D eigenvalue weighted by molar-refractivity contribution is -0.140. The fourth-order valence-corrected chi connectivity index (χ4v) is 4.41. The molecule has 33 heavy (non-hydrogen) atoms. The number of hydrogen-bond donors (Lipinski definition) is 1. The van der Waals surface area contributed by atoms with E-state index in [-0.39, 0.29) is 29.1 Å². The Balaban J connectivity index is 1.53. The number of aromatic nitrogens is 1. The first-order valence-electron chi connectivity index (χ1n) is 10.5. The quantitative estimate of drug-likeness (QED) is 0.389. The van der Waals surface area contributed by atoms with E-state index in [0.29, 0.717) is 27.4 Å². The molecule has 1 aromatic heterocycles. The lowest BCUT2D eigenvalue weighted by Gasteiger charge is -2.27. The molecule has 0 aliphatic heterocycles. The fraction of sp³-hybridized carbons (Fsp3) is 0.292. The number of amides is 1. The molecule has 1 saturated carbocycles. The number of fused-ring (bicyclic) bond motifs is 1. The van der Waals surface area contributed by atoms with Crippen molar-refractivity contribution in [3.63, 3.8) is 0 Å². The number of hydrogen-bond acceptors (Lipinski definition) is 3. The van der Waals surface area contributed by atoms with E-state index in [1.807, 2.05) is 0 Å². The minimum Gasteiger partial charge on any atom is -0.349 e.